The van der Waals surface area contributed by atoms with Crippen LogP contribution in [0.3, 0.4) is 0 Å². The number of carbonyl (C=O) groups is 1. The van der Waals surface area contributed by atoms with Crippen molar-refractivity contribution in [3.05, 3.63) is 29.8 Å². The molecular weight excluding hydrogens is 270 g/mol. The van der Waals surface area contributed by atoms with E-state index in [0.29, 0.717) is 11.9 Å². The van der Waals surface area contributed by atoms with E-state index >= 15 is 0 Å². The predicted molar refractivity (Wildman–Crippen MR) is 67.8 cm³/mol. The molecule has 0 bridgehead atoms. The summed E-state index contributed by atoms with van der Waals surface area (Å²) >= 11 is 3.10. The van der Waals surface area contributed by atoms with Gasteiger partial charge in [0.05, 0.1) is 11.4 Å². The molecule has 3 nitrogen and oxygen atoms in total. The smallest absolute Gasteiger partial charge is 0.230 e. The molecular formula is C12H16BrNO2. The van der Waals surface area contributed by atoms with E-state index in [0.717, 1.165) is 11.3 Å². The van der Waals surface area contributed by atoms with Crippen molar-refractivity contribution in [2.24, 2.45) is 0 Å². The number of carbonyl (C=O) groups excluding carboxylic acids is 1. The third-order valence-electron chi connectivity index (χ3n) is 1.91. The van der Waals surface area contributed by atoms with Crippen LogP contribution in [-0.2, 0) is 11.3 Å². The Labute approximate surface area is 104 Å². The molecule has 0 heterocycles. The van der Waals surface area contributed by atoms with Crippen LogP contribution in [0, 0.1) is 0 Å². The second-order valence-electron chi connectivity index (χ2n) is 3.72. The summed E-state index contributed by atoms with van der Waals surface area (Å²) in [5, 5.41) is 3.12. The fraction of sp³-hybridized carbons (Fsp3) is 0.417. The first-order chi connectivity index (χ1) is 7.61. The molecule has 4 heteroatoms. The highest BCUT2D eigenvalue weighted by Crippen LogP contribution is 2.13. The molecule has 1 amide bonds. The number of ether oxygens (including phenoxy) is 1. The lowest BCUT2D eigenvalue weighted by atomic mass is 10.2. The average molecular weight is 286 g/mol. The van der Waals surface area contributed by atoms with Crippen molar-refractivity contribution in [3.63, 3.8) is 0 Å². The summed E-state index contributed by atoms with van der Waals surface area (Å²) in [7, 11) is 0. The molecule has 1 aromatic carbocycles. The van der Waals surface area contributed by atoms with E-state index in [-0.39, 0.29) is 12.0 Å². The molecule has 0 unspecified atom stereocenters. The number of alkyl halides is 1. The monoisotopic (exact) mass is 285 g/mol. The van der Waals surface area contributed by atoms with Crippen molar-refractivity contribution in [2.45, 2.75) is 26.5 Å². The lowest BCUT2D eigenvalue weighted by Crippen LogP contribution is -2.23. The van der Waals surface area contributed by atoms with Crippen LogP contribution in [0.15, 0.2) is 24.3 Å². The normalized spacial score (nSPS) is 10.2. The van der Waals surface area contributed by atoms with E-state index in [1.807, 2.05) is 38.1 Å². The van der Waals surface area contributed by atoms with Crippen molar-refractivity contribution in [1.82, 2.24) is 5.32 Å². The van der Waals surface area contributed by atoms with E-state index in [4.69, 9.17) is 4.74 Å². The molecule has 0 saturated carbocycles. The van der Waals surface area contributed by atoms with Gasteiger partial charge in [0, 0.05) is 6.54 Å². The van der Waals surface area contributed by atoms with Gasteiger partial charge < -0.3 is 10.1 Å². The second-order valence-corrected chi connectivity index (χ2v) is 4.28. The van der Waals surface area contributed by atoms with Crippen LogP contribution in [0.2, 0.25) is 0 Å². The fourth-order valence-corrected chi connectivity index (χ4v) is 1.40. The topological polar surface area (TPSA) is 38.3 Å². The highest BCUT2D eigenvalue weighted by molar-refractivity contribution is 9.09. The first kappa shape index (κ1) is 13.0. The zero-order chi connectivity index (χ0) is 12.0. The van der Waals surface area contributed by atoms with E-state index < -0.39 is 0 Å². The Morgan fingerprint density at radius 2 is 2.00 bits per heavy atom. The molecule has 1 rings (SSSR count). The molecule has 0 saturated heterocycles. The molecule has 1 aromatic rings. The molecule has 0 aliphatic rings. The van der Waals surface area contributed by atoms with Gasteiger partial charge >= 0.3 is 0 Å². The minimum Gasteiger partial charge on any atom is -0.491 e. The van der Waals surface area contributed by atoms with Crippen molar-refractivity contribution < 1.29 is 9.53 Å². The first-order valence-electron chi connectivity index (χ1n) is 5.20. The second kappa shape index (κ2) is 6.53. The van der Waals surface area contributed by atoms with E-state index in [2.05, 4.69) is 21.2 Å². The maximum Gasteiger partial charge on any atom is 0.230 e. The molecule has 88 valence electrons. The molecule has 0 aliphatic carbocycles. The minimum atomic E-state index is -0.0116. The average Bonchev–Trinajstić information content (AvgIpc) is 2.27. The Kier molecular flexibility index (Phi) is 5.32. The number of amides is 1. The first-order valence-corrected chi connectivity index (χ1v) is 6.32. The largest absolute Gasteiger partial charge is 0.491 e. The van der Waals surface area contributed by atoms with Crippen molar-refractivity contribution in [3.8, 4) is 5.75 Å². The van der Waals surface area contributed by atoms with Gasteiger partial charge in [-0.25, -0.2) is 0 Å². The summed E-state index contributed by atoms with van der Waals surface area (Å²) in [6.45, 7) is 4.53. The minimum absolute atomic E-state index is 0.0116. The quantitative estimate of drug-likeness (QED) is 0.844. The zero-order valence-corrected chi connectivity index (χ0v) is 11.1. The van der Waals surface area contributed by atoms with E-state index in [1.165, 1.54) is 0 Å². The van der Waals surface area contributed by atoms with Crippen LogP contribution in [0.1, 0.15) is 19.4 Å². The Bertz CT molecular complexity index is 335. The van der Waals surface area contributed by atoms with Gasteiger partial charge in [-0.05, 0) is 31.5 Å². The van der Waals surface area contributed by atoms with Crippen molar-refractivity contribution >= 4 is 21.8 Å². The van der Waals surface area contributed by atoms with E-state index in [1.54, 1.807) is 0 Å². The zero-order valence-electron chi connectivity index (χ0n) is 9.50. The molecule has 0 radical (unpaired) electrons. The van der Waals surface area contributed by atoms with Crippen LogP contribution < -0.4 is 10.1 Å². The molecule has 0 aliphatic heterocycles. The van der Waals surface area contributed by atoms with Crippen LogP contribution in [0.4, 0.5) is 0 Å². The van der Waals surface area contributed by atoms with Gasteiger partial charge in [-0.3, -0.25) is 4.79 Å². The van der Waals surface area contributed by atoms with Gasteiger partial charge in [0.1, 0.15) is 5.75 Å². The summed E-state index contributed by atoms with van der Waals surface area (Å²) in [6, 6.07) is 7.73. The number of hydrogen-bond donors (Lipinski definition) is 1. The summed E-state index contributed by atoms with van der Waals surface area (Å²) in [5.41, 5.74) is 1.06. The molecule has 1 N–H and O–H groups in total. The van der Waals surface area contributed by atoms with Crippen LogP contribution >= 0.6 is 15.9 Å². The Hall–Kier alpha value is -1.03. The van der Waals surface area contributed by atoms with Crippen molar-refractivity contribution in [1.29, 1.82) is 0 Å². The van der Waals surface area contributed by atoms with Gasteiger partial charge in [0.25, 0.3) is 0 Å². The van der Waals surface area contributed by atoms with Crippen molar-refractivity contribution in [2.75, 3.05) is 5.33 Å². The van der Waals surface area contributed by atoms with Crippen LogP contribution in [0.25, 0.3) is 0 Å². The van der Waals surface area contributed by atoms with E-state index in [9.17, 15) is 4.79 Å². The molecule has 0 aromatic heterocycles. The summed E-state index contributed by atoms with van der Waals surface area (Å²) in [5.74, 6) is 0.841. The molecule has 0 fully saturated rings. The standard InChI is InChI=1S/C12H16BrNO2/c1-9(2)16-11-5-3-10(4-6-11)8-14-12(15)7-13/h3-6,9H,7-8H2,1-2H3,(H,14,15). The lowest BCUT2D eigenvalue weighted by molar-refractivity contribution is -0.118. The van der Waals surface area contributed by atoms with Gasteiger partial charge in [-0.1, -0.05) is 28.1 Å². The lowest BCUT2D eigenvalue weighted by Gasteiger charge is -2.10. The molecule has 0 spiro atoms. The highest BCUT2D eigenvalue weighted by Gasteiger charge is 2.00. The van der Waals surface area contributed by atoms with Gasteiger partial charge in [0.2, 0.25) is 5.91 Å². The van der Waals surface area contributed by atoms with Gasteiger partial charge in [-0.2, -0.15) is 0 Å². The maximum atomic E-state index is 11.0. The van der Waals surface area contributed by atoms with Crippen LogP contribution in [-0.4, -0.2) is 17.3 Å². The maximum absolute atomic E-state index is 11.0. The van der Waals surface area contributed by atoms with Gasteiger partial charge in [-0.15, -0.1) is 0 Å². The summed E-state index contributed by atoms with van der Waals surface area (Å²) in [6.07, 6.45) is 0.180. The number of nitrogens with one attached hydrogen (secondary N) is 1. The SMILES string of the molecule is CC(C)Oc1ccc(CNC(=O)CBr)cc1. The summed E-state index contributed by atoms with van der Waals surface area (Å²) < 4.78 is 5.52. The number of rotatable bonds is 5. The summed E-state index contributed by atoms with van der Waals surface area (Å²) in [4.78, 5) is 11.0. The third-order valence-corrected chi connectivity index (χ3v) is 2.42. The molecule has 0 atom stereocenters. The predicted octanol–water partition coefficient (Wildman–Crippen LogP) is 2.48. The molecule has 16 heavy (non-hydrogen) atoms. The fourth-order valence-electron chi connectivity index (χ4n) is 1.21. The Morgan fingerprint density at radius 1 is 1.38 bits per heavy atom. The highest BCUT2D eigenvalue weighted by atomic mass is 79.9. The number of halogens is 1. The van der Waals surface area contributed by atoms with Crippen LogP contribution in [0.5, 0.6) is 5.75 Å². The Morgan fingerprint density at radius 3 is 2.50 bits per heavy atom. The third kappa shape index (κ3) is 4.66. The van der Waals surface area contributed by atoms with Gasteiger partial charge in [0.15, 0.2) is 0 Å². The number of hydrogen-bond acceptors (Lipinski definition) is 2. The Balaban J connectivity index is 2.48. The number of benzene rings is 1.